The summed E-state index contributed by atoms with van der Waals surface area (Å²) in [4.78, 5) is 25.6. The number of carboxylic acids is 1. The Morgan fingerprint density at radius 1 is 1.42 bits per heavy atom. The van der Waals surface area contributed by atoms with Crippen LogP contribution in [0.4, 0.5) is 10.5 Å². The van der Waals surface area contributed by atoms with Crippen molar-refractivity contribution >= 4 is 17.7 Å². The van der Waals surface area contributed by atoms with Gasteiger partial charge < -0.3 is 20.7 Å². The van der Waals surface area contributed by atoms with Crippen LogP contribution in [0.1, 0.15) is 42.9 Å². The maximum absolute atomic E-state index is 11.9. The molecule has 2 amide bonds. The molecule has 0 atom stereocenters. The summed E-state index contributed by atoms with van der Waals surface area (Å²) in [6.45, 7) is 5.69. The third-order valence-corrected chi connectivity index (χ3v) is 3.45. The summed E-state index contributed by atoms with van der Waals surface area (Å²) in [6.07, 6.45) is 2.24. The fourth-order valence-corrected chi connectivity index (χ4v) is 2.21. The molecule has 2 rings (SSSR count). The van der Waals surface area contributed by atoms with E-state index in [1.54, 1.807) is 13.0 Å². The van der Waals surface area contributed by atoms with Crippen molar-refractivity contribution in [3.63, 3.8) is 0 Å². The number of rotatable bonds is 4. The predicted octanol–water partition coefficient (Wildman–Crippen LogP) is 2.33. The van der Waals surface area contributed by atoms with Crippen LogP contribution in [-0.2, 0) is 0 Å². The van der Waals surface area contributed by atoms with Crippen LogP contribution in [0.2, 0.25) is 0 Å². The van der Waals surface area contributed by atoms with Crippen molar-refractivity contribution in [2.45, 2.75) is 39.2 Å². The quantitative estimate of drug-likeness (QED) is 0.673. The number of hydrogen-bond acceptors (Lipinski definition) is 2. The maximum Gasteiger partial charge on any atom is 0.354 e. The van der Waals surface area contributed by atoms with Gasteiger partial charge in [-0.1, -0.05) is 0 Å². The van der Waals surface area contributed by atoms with Gasteiger partial charge in [-0.2, -0.15) is 0 Å². The molecule has 1 aliphatic rings. The number of carbonyl (C=O) groups is 2. The molecule has 6 heteroatoms. The van der Waals surface area contributed by atoms with E-state index in [9.17, 15) is 9.59 Å². The van der Waals surface area contributed by atoms with Crippen molar-refractivity contribution < 1.29 is 14.7 Å². The Labute approximate surface area is 111 Å². The Kier molecular flexibility index (Phi) is 3.26. The molecule has 1 heterocycles. The molecule has 0 bridgehead atoms. The number of H-pyrrole nitrogens is 1. The van der Waals surface area contributed by atoms with Gasteiger partial charge in [0.1, 0.15) is 5.69 Å². The molecule has 0 saturated heterocycles. The molecular formula is C13H19N3O3. The number of carbonyl (C=O) groups excluding carboxylic acids is 1. The third kappa shape index (κ3) is 3.07. The Hall–Kier alpha value is -1.98. The third-order valence-electron chi connectivity index (χ3n) is 3.45. The molecule has 1 aromatic heterocycles. The largest absolute Gasteiger partial charge is 0.477 e. The minimum atomic E-state index is -1.09. The SMILES string of the molecule is Cc1cc(NC(=O)NC(C)(C)C2CC2)c(C(=O)O)[nH]1. The van der Waals surface area contributed by atoms with Gasteiger partial charge in [0.2, 0.25) is 0 Å². The van der Waals surface area contributed by atoms with Crippen molar-refractivity contribution in [1.82, 2.24) is 10.3 Å². The predicted molar refractivity (Wildman–Crippen MR) is 71.4 cm³/mol. The molecule has 19 heavy (non-hydrogen) atoms. The van der Waals surface area contributed by atoms with Gasteiger partial charge in [0, 0.05) is 11.2 Å². The average molecular weight is 265 g/mol. The standard InChI is InChI=1S/C13H19N3O3/c1-7-6-9(10(14-7)11(17)18)15-12(19)16-13(2,3)8-4-5-8/h6,8,14H,4-5H2,1-3H3,(H,17,18)(H2,15,16,19). The Balaban J connectivity index is 2.04. The van der Waals surface area contributed by atoms with E-state index < -0.39 is 5.97 Å². The van der Waals surface area contributed by atoms with E-state index in [2.05, 4.69) is 15.6 Å². The van der Waals surface area contributed by atoms with E-state index in [1.165, 1.54) is 0 Å². The number of hydrogen-bond donors (Lipinski definition) is 4. The fraction of sp³-hybridized carbons (Fsp3) is 0.538. The second kappa shape index (κ2) is 4.60. The molecule has 1 saturated carbocycles. The lowest BCUT2D eigenvalue weighted by atomic mass is 9.99. The molecule has 0 spiro atoms. The number of aryl methyl sites for hydroxylation is 1. The number of aromatic nitrogens is 1. The monoisotopic (exact) mass is 265 g/mol. The van der Waals surface area contributed by atoms with Crippen LogP contribution >= 0.6 is 0 Å². The zero-order valence-electron chi connectivity index (χ0n) is 11.3. The zero-order chi connectivity index (χ0) is 14.2. The topological polar surface area (TPSA) is 94.2 Å². The summed E-state index contributed by atoms with van der Waals surface area (Å²) in [5.74, 6) is -0.588. The summed E-state index contributed by atoms with van der Waals surface area (Å²) < 4.78 is 0. The second-order valence-corrected chi connectivity index (χ2v) is 5.62. The molecule has 6 nitrogen and oxygen atoms in total. The second-order valence-electron chi connectivity index (χ2n) is 5.62. The lowest BCUT2D eigenvalue weighted by molar-refractivity contribution is 0.0692. The highest BCUT2D eigenvalue weighted by atomic mass is 16.4. The lowest BCUT2D eigenvalue weighted by Gasteiger charge is -2.26. The van der Waals surface area contributed by atoms with Gasteiger partial charge in [0.25, 0.3) is 0 Å². The van der Waals surface area contributed by atoms with Crippen LogP contribution in [0.5, 0.6) is 0 Å². The van der Waals surface area contributed by atoms with Gasteiger partial charge >= 0.3 is 12.0 Å². The van der Waals surface area contributed by atoms with Crippen molar-refractivity contribution in [3.05, 3.63) is 17.5 Å². The molecule has 1 aliphatic carbocycles. The van der Waals surface area contributed by atoms with Crippen molar-refractivity contribution in [2.24, 2.45) is 5.92 Å². The van der Waals surface area contributed by atoms with Crippen LogP contribution < -0.4 is 10.6 Å². The van der Waals surface area contributed by atoms with E-state index in [-0.39, 0.29) is 23.0 Å². The molecule has 0 unspecified atom stereocenters. The Bertz CT molecular complexity index is 515. The highest BCUT2D eigenvalue weighted by Crippen LogP contribution is 2.39. The number of urea groups is 1. The Morgan fingerprint density at radius 3 is 2.58 bits per heavy atom. The minimum Gasteiger partial charge on any atom is -0.477 e. The van der Waals surface area contributed by atoms with Gasteiger partial charge in [0.15, 0.2) is 0 Å². The first kappa shape index (κ1) is 13.5. The first-order chi connectivity index (χ1) is 8.79. The molecule has 1 fully saturated rings. The van der Waals surface area contributed by atoms with Gasteiger partial charge in [-0.3, -0.25) is 0 Å². The van der Waals surface area contributed by atoms with E-state index in [4.69, 9.17) is 5.11 Å². The summed E-state index contributed by atoms with van der Waals surface area (Å²) in [7, 11) is 0. The zero-order valence-corrected chi connectivity index (χ0v) is 11.3. The number of aromatic carboxylic acids is 1. The van der Waals surface area contributed by atoms with Gasteiger partial charge in [-0.05, 0) is 45.6 Å². The van der Waals surface area contributed by atoms with Crippen LogP contribution in [-0.4, -0.2) is 27.6 Å². The summed E-state index contributed by atoms with van der Waals surface area (Å²) in [5, 5.41) is 14.5. The lowest BCUT2D eigenvalue weighted by Crippen LogP contribution is -2.47. The molecule has 0 aliphatic heterocycles. The van der Waals surface area contributed by atoms with Gasteiger partial charge in [0.05, 0.1) is 5.69 Å². The molecule has 104 valence electrons. The summed E-state index contributed by atoms with van der Waals surface area (Å²) in [5.41, 5.74) is 0.707. The number of carboxylic acid groups (broad SMARTS) is 1. The number of anilines is 1. The van der Waals surface area contributed by atoms with Gasteiger partial charge in [-0.25, -0.2) is 9.59 Å². The highest BCUT2D eigenvalue weighted by molar-refractivity contribution is 5.99. The summed E-state index contributed by atoms with van der Waals surface area (Å²) >= 11 is 0. The maximum atomic E-state index is 11.9. The van der Waals surface area contributed by atoms with Crippen molar-refractivity contribution in [2.75, 3.05) is 5.32 Å². The van der Waals surface area contributed by atoms with Crippen molar-refractivity contribution in [1.29, 1.82) is 0 Å². The average Bonchev–Trinajstić information content (AvgIpc) is 3.03. The van der Waals surface area contributed by atoms with E-state index in [1.807, 2.05) is 13.8 Å². The molecule has 0 radical (unpaired) electrons. The van der Waals surface area contributed by atoms with Gasteiger partial charge in [-0.15, -0.1) is 0 Å². The number of nitrogens with one attached hydrogen (secondary N) is 3. The molecule has 4 N–H and O–H groups in total. The smallest absolute Gasteiger partial charge is 0.354 e. The van der Waals surface area contributed by atoms with E-state index >= 15 is 0 Å². The minimum absolute atomic E-state index is 0.00289. The normalized spacial score (nSPS) is 15.1. The highest BCUT2D eigenvalue weighted by Gasteiger charge is 2.38. The van der Waals surface area contributed by atoms with E-state index in [0.29, 0.717) is 11.6 Å². The molecule has 1 aromatic rings. The van der Waals surface area contributed by atoms with Crippen LogP contribution in [0.25, 0.3) is 0 Å². The molecule has 0 aromatic carbocycles. The number of amides is 2. The Morgan fingerprint density at radius 2 is 2.05 bits per heavy atom. The summed E-state index contributed by atoms with van der Waals surface area (Å²) in [6, 6.07) is 1.23. The first-order valence-corrected chi connectivity index (χ1v) is 6.31. The van der Waals surface area contributed by atoms with E-state index in [0.717, 1.165) is 12.8 Å². The first-order valence-electron chi connectivity index (χ1n) is 6.31. The molecular weight excluding hydrogens is 246 g/mol. The fourth-order valence-electron chi connectivity index (χ4n) is 2.21. The van der Waals surface area contributed by atoms with Crippen molar-refractivity contribution in [3.8, 4) is 0 Å². The van der Waals surface area contributed by atoms with Crippen LogP contribution in [0, 0.1) is 12.8 Å². The number of aromatic amines is 1. The van der Waals surface area contributed by atoms with Crippen LogP contribution in [0.15, 0.2) is 6.07 Å². The van der Waals surface area contributed by atoms with Crippen LogP contribution in [0.3, 0.4) is 0 Å².